The molecule has 1 heterocycles. The number of aromatic amines is 1. The third kappa shape index (κ3) is 4.94. The standard InChI is InChI=1S/C20H22N6O2/c1-12(2)21-20(28)24-16-9-7-14(8-10-16)19(27)23-17-6-4-5-15(11-17)18-22-13(3)25-26-18/h4-12H,1-3H3,(H,23,27)(H2,21,24,28)(H,22,25,26). The molecule has 0 radical (unpaired) electrons. The molecule has 2 aromatic carbocycles. The van der Waals surface area contributed by atoms with Gasteiger partial charge in [-0.25, -0.2) is 9.78 Å². The lowest BCUT2D eigenvalue weighted by Crippen LogP contribution is -2.34. The summed E-state index contributed by atoms with van der Waals surface area (Å²) in [6, 6.07) is 13.7. The Morgan fingerprint density at radius 1 is 1.00 bits per heavy atom. The monoisotopic (exact) mass is 378 g/mol. The van der Waals surface area contributed by atoms with Gasteiger partial charge in [0.1, 0.15) is 5.82 Å². The number of anilines is 2. The van der Waals surface area contributed by atoms with E-state index in [1.165, 1.54) is 0 Å². The average molecular weight is 378 g/mol. The lowest BCUT2D eigenvalue weighted by molar-refractivity contribution is 0.102. The van der Waals surface area contributed by atoms with Gasteiger partial charge in [-0.05, 0) is 57.2 Å². The molecule has 0 saturated carbocycles. The van der Waals surface area contributed by atoms with Crippen LogP contribution in [0, 0.1) is 6.92 Å². The number of carbonyl (C=O) groups is 2. The van der Waals surface area contributed by atoms with Crippen LogP contribution in [-0.2, 0) is 0 Å². The van der Waals surface area contributed by atoms with E-state index in [0.29, 0.717) is 22.8 Å². The van der Waals surface area contributed by atoms with Crippen LogP contribution < -0.4 is 16.0 Å². The molecule has 8 heteroatoms. The number of nitrogens with one attached hydrogen (secondary N) is 4. The molecule has 144 valence electrons. The average Bonchev–Trinajstić information content (AvgIpc) is 3.08. The summed E-state index contributed by atoms with van der Waals surface area (Å²) in [4.78, 5) is 28.5. The van der Waals surface area contributed by atoms with E-state index in [-0.39, 0.29) is 18.0 Å². The van der Waals surface area contributed by atoms with E-state index in [2.05, 4.69) is 31.1 Å². The Bertz CT molecular complexity index is 978. The van der Waals surface area contributed by atoms with Gasteiger partial charge in [-0.1, -0.05) is 12.1 Å². The quantitative estimate of drug-likeness (QED) is 0.544. The maximum absolute atomic E-state index is 12.5. The predicted octanol–water partition coefficient (Wildman–Crippen LogP) is 3.56. The van der Waals surface area contributed by atoms with Crippen LogP contribution >= 0.6 is 0 Å². The first kappa shape index (κ1) is 19.1. The summed E-state index contributed by atoms with van der Waals surface area (Å²) in [7, 11) is 0. The lowest BCUT2D eigenvalue weighted by atomic mass is 10.1. The zero-order valence-electron chi connectivity index (χ0n) is 15.9. The fourth-order valence-corrected chi connectivity index (χ4v) is 2.55. The topological polar surface area (TPSA) is 112 Å². The number of H-pyrrole nitrogens is 1. The molecule has 3 rings (SSSR count). The maximum atomic E-state index is 12.5. The molecule has 0 bridgehead atoms. The van der Waals surface area contributed by atoms with Gasteiger partial charge in [0.15, 0.2) is 5.82 Å². The predicted molar refractivity (Wildman–Crippen MR) is 108 cm³/mol. The lowest BCUT2D eigenvalue weighted by Gasteiger charge is -2.11. The van der Waals surface area contributed by atoms with Gasteiger partial charge >= 0.3 is 6.03 Å². The Kier molecular flexibility index (Phi) is 5.69. The molecule has 1 aromatic heterocycles. The molecule has 0 atom stereocenters. The number of carbonyl (C=O) groups excluding carboxylic acids is 2. The molecule has 0 unspecified atom stereocenters. The minimum absolute atomic E-state index is 0.0430. The van der Waals surface area contributed by atoms with Crippen LogP contribution in [0.1, 0.15) is 30.0 Å². The highest BCUT2D eigenvalue weighted by atomic mass is 16.2. The summed E-state index contributed by atoms with van der Waals surface area (Å²) in [6.45, 7) is 5.59. The van der Waals surface area contributed by atoms with E-state index in [9.17, 15) is 9.59 Å². The summed E-state index contributed by atoms with van der Waals surface area (Å²) in [5.74, 6) is 1.05. The van der Waals surface area contributed by atoms with Crippen molar-refractivity contribution in [2.24, 2.45) is 0 Å². The first-order chi connectivity index (χ1) is 13.4. The number of benzene rings is 2. The van der Waals surface area contributed by atoms with Crippen molar-refractivity contribution in [2.45, 2.75) is 26.8 Å². The van der Waals surface area contributed by atoms with Crippen LogP contribution in [0.15, 0.2) is 48.5 Å². The smallest absolute Gasteiger partial charge is 0.319 e. The number of urea groups is 1. The third-order valence-corrected chi connectivity index (χ3v) is 3.80. The van der Waals surface area contributed by atoms with Gasteiger partial charge in [0.05, 0.1) is 0 Å². The minimum atomic E-state index is -0.286. The van der Waals surface area contributed by atoms with Crippen LogP contribution in [-0.4, -0.2) is 33.2 Å². The summed E-state index contributed by atoms with van der Waals surface area (Å²) >= 11 is 0. The van der Waals surface area contributed by atoms with Gasteiger partial charge in [0.2, 0.25) is 0 Å². The molecule has 0 fully saturated rings. The number of rotatable bonds is 5. The fraction of sp³-hybridized carbons (Fsp3) is 0.200. The molecule has 28 heavy (non-hydrogen) atoms. The van der Waals surface area contributed by atoms with E-state index in [4.69, 9.17) is 0 Å². The van der Waals surface area contributed by atoms with Crippen molar-refractivity contribution in [3.63, 3.8) is 0 Å². The molecule has 3 amide bonds. The SMILES string of the molecule is Cc1nc(-c2cccc(NC(=O)c3ccc(NC(=O)NC(C)C)cc3)c2)n[nH]1. The zero-order chi connectivity index (χ0) is 20.1. The molecule has 3 aromatic rings. The second kappa shape index (κ2) is 8.34. The molecule has 0 saturated heterocycles. The van der Waals surface area contributed by atoms with Gasteiger partial charge < -0.3 is 16.0 Å². The molecule has 0 aliphatic heterocycles. The van der Waals surface area contributed by atoms with Gasteiger partial charge in [-0.3, -0.25) is 9.89 Å². The van der Waals surface area contributed by atoms with E-state index in [1.54, 1.807) is 30.3 Å². The van der Waals surface area contributed by atoms with Crippen molar-refractivity contribution in [1.82, 2.24) is 20.5 Å². The van der Waals surface area contributed by atoms with Crippen LogP contribution in [0.3, 0.4) is 0 Å². The Hall–Kier alpha value is -3.68. The van der Waals surface area contributed by atoms with Crippen LogP contribution in [0.25, 0.3) is 11.4 Å². The van der Waals surface area contributed by atoms with Crippen molar-refractivity contribution in [2.75, 3.05) is 10.6 Å². The number of aryl methyl sites for hydroxylation is 1. The highest BCUT2D eigenvalue weighted by molar-refractivity contribution is 6.04. The number of amides is 3. The molecular weight excluding hydrogens is 356 g/mol. The first-order valence-corrected chi connectivity index (χ1v) is 8.89. The summed E-state index contributed by atoms with van der Waals surface area (Å²) in [6.07, 6.45) is 0. The highest BCUT2D eigenvalue weighted by Gasteiger charge is 2.09. The van der Waals surface area contributed by atoms with Crippen molar-refractivity contribution >= 4 is 23.3 Å². The largest absolute Gasteiger partial charge is 0.336 e. The summed E-state index contributed by atoms with van der Waals surface area (Å²) in [5, 5.41) is 15.2. The van der Waals surface area contributed by atoms with Gasteiger partial charge in [-0.15, -0.1) is 0 Å². The molecule has 0 aliphatic carbocycles. The van der Waals surface area contributed by atoms with E-state index in [1.807, 2.05) is 39.0 Å². The van der Waals surface area contributed by atoms with Crippen molar-refractivity contribution in [3.8, 4) is 11.4 Å². The van der Waals surface area contributed by atoms with Crippen LogP contribution in [0.5, 0.6) is 0 Å². The Balaban J connectivity index is 1.65. The highest BCUT2D eigenvalue weighted by Crippen LogP contribution is 2.20. The molecule has 0 spiro atoms. The summed E-state index contributed by atoms with van der Waals surface area (Å²) in [5.41, 5.74) is 2.53. The number of hydrogen-bond acceptors (Lipinski definition) is 4. The van der Waals surface area contributed by atoms with Crippen molar-refractivity contribution in [1.29, 1.82) is 0 Å². The van der Waals surface area contributed by atoms with Gasteiger partial charge in [0.25, 0.3) is 5.91 Å². The van der Waals surface area contributed by atoms with Gasteiger partial charge in [0, 0.05) is 28.5 Å². The summed E-state index contributed by atoms with van der Waals surface area (Å²) < 4.78 is 0. The van der Waals surface area contributed by atoms with Crippen molar-refractivity contribution in [3.05, 3.63) is 59.9 Å². The fourth-order valence-electron chi connectivity index (χ4n) is 2.55. The third-order valence-electron chi connectivity index (χ3n) is 3.80. The molecule has 4 N–H and O–H groups in total. The van der Waals surface area contributed by atoms with Crippen molar-refractivity contribution < 1.29 is 9.59 Å². The second-order valence-electron chi connectivity index (χ2n) is 6.61. The van der Waals surface area contributed by atoms with E-state index < -0.39 is 0 Å². The molecule has 8 nitrogen and oxygen atoms in total. The Morgan fingerprint density at radius 3 is 2.39 bits per heavy atom. The minimum Gasteiger partial charge on any atom is -0.336 e. The second-order valence-corrected chi connectivity index (χ2v) is 6.61. The zero-order valence-corrected chi connectivity index (χ0v) is 15.9. The van der Waals surface area contributed by atoms with Crippen LogP contribution in [0.4, 0.5) is 16.2 Å². The normalized spacial score (nSPS) is 10.6. The first-order valence-electron chi connectivity index (χ1n) is 8.89. The molecule has 0 aliphatic rings. The van der Waals surface area contributed by atoms with E-state index in [0.717, 1.165) is 11.4 Å². The number of aromatic nitrogens is 3. The number of nitrogens with zero attached hydrogens (tertiary/aromatic N) is 2. The van der Waals surface area contributed by atoms with Gasteiger partial charge in [-0.2, -0.15) is 5.10 Å². The maximum Gasteiger partial charge on any atom is 0.319 e. The number of hydrogen-bond donors (Lipinski definition) is 4. The Labute approximate surface area is 162 Å². The van der Waals surface area contributed by atoms with Crippen LogP contribution in [0.2, 0.25) is 0 Å². The Morgan fingerprint density at radius 2 is 1.75 bits per heavy atom. The molecular formula is C20H22N6O2. The van der Waals surface area contributed by atoms with E-state index >= 15 is 0 Å².